The predicted molar refractivity (Wildman–Crippen MR) is 69.7 cm³/mol. The van der Waals surface area contributed by atoms with Gasteiger partial charge in [0.15, 0.2) is 0 Å². The Balaban J connectivity index is 1.84. The first-order valence-electron chi connectivity index (χ1n) is 7.13. The molecule has 0 aromatic carbocycles. The molecule has 0 spiro atoms. The van der Waals surface area contributed by atoms with Crippen LogP contribution in [0.5, 0.6) is 0 Å². The minimum Gasteiger partial charge on any atom is -0.316 e. The monoisotopic (exact) mass is 224 g/mol. The Morgan fingerprint density at radius 1 is 1.38 bits per heavy atom. The summed E-state index contributed by atoms with van der Waals surface area (Å²) in [4.78, 5) is 2.60. The molecule has 1 atom stereocenters. The predicted octanol–water partition coefficient (Wildman–Crippen LogP) is 2.50. The van der Waals surface area contributed by atoms with E-state index in [0.717, 1.165) is 5.92 Å². The molecule has 16 heavy (non-hydrogen) atoms. The van der Waals surface area contributed by atoms with Crippen molar-refractivity contribution in [2.24, 2.45) is 11.3 Å². The number of rotatable bonds is 6. The molecule has 2 fully saturated rings. The highest BCUT2D eigenvalue weighted by molar-refractivity contribution is 4.88. The van der Waals surface area contributed by atoms with Crippen molar-refractivity contribution < 1.29 is 0 Å². The van der Waals surface area contributed by atoms with Crippen molar-refractivity contribution in [3.8, 4) is 0 Å². The van der Waals surface area contributed by atoms with E-state index in [2.05, 4.69) is 24.2 Å². The van der Waals surface area contributed by atoms with E-state index in [9.17, 15) is 0 Å². The van der Waals surface area contributed by atoms with Crippen molar-refractivity contribution in [2.45, 2.75) is 45.4 Å². The quantitative estimate of drug-likeness (QED) is 0.746. The fraction of sp³-hybridized carbons (Fsp3) is 1.00. The molecule has 2 rings (SSSR count). The smallest absolute Gasteiger partial charge is 0.00472 e. The third-order valence-electron chi connectivity index (χ3n) is 4.21. The molecule has 1 unspecified atom stereocenters. The number of hydrogen-bond donors (Lipinski definition) is 1. The van der Waals surface area contributed by atoms with E-state index in [-0.39, 0.29) is 0 Å². The van der Waals surface area contributed by atoms with Crippen LogP contribution in [0.1, 0.15) is 45.4 Å². The molecular formula is C14H28N2. The van der Waals surface area contributed by atoms with Crippen molar-refractivity contribution in [3.63, 3.8) is 0 Å². The summed E-state index contributed by atoms with van der Waals surface area (Å²) in [6, 6.07) is 0. The van der Waals surface area contributed by atoms with Gasteiger partial charge in [-0.15, -0.1) is 0 Å². The molecule has 0 aromatic heterocycles. The molecule has 1 saturated heterocycles. The van der Waals surface area contributed by atoms with E-state index in [1.54, 1.807) is 0 Å². The van der Waals surface area contributed by atoms with Crippen molar-refractivity contribution in [1.82, 2.24) is 10.2 Å². The summed E-state index contributed by atoms with van der Waals surface area (Å²) in [7, 11) is 2.32. The molecule has 2 aliphatic rings. The second-order valence-corrected chi connectivity index (χ2v) is 6.17. The van der Waals surface area contributed by atoms with Crippen molar-refractivity contribution in [2.75, 3.05) is 33.2 Å². The Bertz CT molecular complexity index is 199. The first-order valence-corrected chi connectivity index (χ1v) is 7.13. The zero-order valence-corrected chi connectivity index (χ0v) is 11.1. The summed E-state index contributed by atoms with van der Waals surface area (Å²) in [5, 5.41) is 3.61. The van der Waals surface area contributed by atoms with Gasteiger partial charge < -0.3 is 10.2 Å². The molecule has 94 valence electrons. The van der Waals surface area contributed by atoms with Crippen LogP contribution in [-0.4, -0.2) is 38.1 Å². The van der Waals surface area contributed by atoms with Crippen LogP contribution >= 0.6 is 0 Å². The van der Waals surface area contributed by atoms with Crippen molar-refractivity contribution in [1.29, 1.82) is 0 Å². The van der Waals surface area contributed by atoms with Gasteiger partial charge in [0.25, 0.3) is 0 Å². The molecule has 1 saturated carbocycles. The summed E-state index contributed by atoms with van der Waals surface area (Å²) in [5.41, 5.74) is 0.580. The highest BCUT2D eigenvalue weighted by Gasteiger charge is 2.33. The largest absolute Gasteiger partial charge is 0.316 e. The molecule has 0 radical (unpaired) electrons. The first kappa shape index (κ1) is 12.4. The summed E-state index contributed by atoms with van der Waals surface area (Å²) in [6.45, 7) is 7.46. The molecule has 0 bridgehead atoms. The Hall–Kier alpha value is -0.0800. The van der Waals surface area contributed by atoms with Gasteiger partial charge in [0.2, 0.25) is 0 Å². The second-order valence-electron chi connectivity index (χ2n) is 6.17. The zero-order chi connectivity index (χ0) is 11.4. The summed E-state index contributed by atoms with van der Waals surface area (Å²) < 4.78 is 0. The zero-order valence-electron chi connectivity index (χ0n) is 11.1. The minimum absolute atomic E-state index is 0.580. The average Bonchev–Trinajstić information content (AvgIpc) is 3.03. The van der Waals surface area contributed by atoms with E-state index in [0.29, 0.717) is 5.41 Å². The molecule has 0 amide bonds. The number of hydrogen-bond acceptors (Lipinski definition) is 2. The normalized spacial score (nSPS) is 30.9. The summed E-state index contributed by atoms with van der Waals surface area (Å²) in [6.07, 6.45) is 8.49. The van der Waals surface area contributed by atoms with Crippen LogP contribution in [-0.2, 0) is 0 Å². The lowest BCUT2D eigenvalue weighted by atomic mass is 9.76. The van der Waals surface area contributed by atoms with Crippen LogP contribution in [0.4, 0.5) is 0 Å². The van der Waals surface area contributed by atoms with Gasteiger partial charge in [0.05, 0.1) is 0 Å². The van der Waals surface area contributed by atoms with Gasteiger partial charge in [-0.3, -0.25) is 0 Å². The van der Waals surface area contributed by atoms with Crippen LogP contribution in [0.25, 0.3) is 0 Å². The van der Waals surface area contributed by atoms with Crippen LogP contribution in [0, 0.1) is 11.3 Å². The third-order valence-corrected chi connectivity index (χ3v) is 4.21. The standard InChI is InChI=1S/C14H28N2/c1-3-7-14(8-4-9-15-11-14)12-16(2)10-13-5-6-13/h13,15H,3-12H2,1-2H3. The lowest BCUT2D eigenvalue weighted by molar-refractivity contribution is 0.119. The van der Waals surface area contributed by atoms with E-state index >= 15 is 0 Å². The van der Waals surface area contributed by atoms with Gasteiger partial charge in [0, 0.05) is 19.6 Å². The first-order chi connectivity index (χ1) is 7.74. The highest BCUT2D eigenvalue weighted by atomic mass is 15.1. The van der Waals surface area contributed by atoms with Gasteiger partial charge in [-0.2, -0.15) is 0 Å². The summed E-state index contributed by atoms with van der Waals surface area (Å²) in [5.74, 6) is 1.03. The summed E-state index contributed by atoms with van der Waals surface area (Å²) >= 11 is 0. The Kier molecular flexibility index (Phi) is 4.26. The maximum absolute atomic E-state index is 3.61. The number of piperidine rings is 1. The Morgan fingerprint density at radius 3 is 2.75 bits per heavy atom. The molecule has 1 N–H and O–H groups in total. The van der Waals surface area contributed by atoms with Crippen LogP contribution in [0.2, 0.25) is 0 Å². The van der Waals surface area contributed by atoms with Gasteiger partial charge >= 0.3 is 0 Å². The van der Waals surface area contributed by atoms with Gasteiger partial charge in [-0.05, 0) is 57.0 Å². The minimum atomic E-state index is 0.580. The molecule has 2 heteroatoms. The van der Waals surface area contributed by atoms with Crippen molar-refractivity contribution in [3.05, 3.63) is 0 Å². The van der Waals surface area contributed by atoms with E-state index in [1.807, 2.05) is 0 Å². The van der Waals surface area contributed by atoms with Crippen molar-refractivity contribution >= 4 is 0 Å². The van der Waals surface area contributed by atoms with E-state index in [1.165, 1.54) is 64.7 Å². The average molecular weight is 224 g/mol. The fourth-order valence-electron chi connectivity index (χ4n) is 3.37. The van der Waals surface area contributed by atoms with Crippen LogP contribution in [0.3, 0.4) is 0 Å². The Morgan fingerprint density at radius 2 is 2.19 bits per heavy atom. The lowest BCUT2D eigenvalue weighted by Gasteiger charge is -2.40. The molecule has 2 nitrogen and oxygen atoms in total. The van der Waals surface area contributed by atoms with E-state index < -0.39 is 0 Å². The highest BCUT2D eigenvalue weighted by Crippen LogP contribution is 2.34. The van der Waals surface area contributed by atoms with Crippen LogP contribution < -0.4 is 5.32 Å². The molecule has 0 aromatic rings. The number of nitrogens with one attached hydrogen (secondary N) is 1. The molecular weight excluding hydrogens is 196 g/mol. The molecule has 1 aliphatic carbocycles. The fourth-order valence-corrected chi connectivity index (χ4v) is 3.37. The maximum Gasteiger partial charge on any atom is 0.00472 e. The SMILES string of the molecule is CCCC1(CN(C)CC2CC2)CCCNC1. The van der Waals surface area contributed by atoms with Gasteiger partial charge in [-0.1, -0.05) is 13.3 Å². The molecule has 1 aliphatic heterocycles. The van der Waals surface area contributed by atoms with Crippen LogP contribution in [0.15, 0.2) is 0 Å². The molecule has 1 heterocycles. The second kappa shape index (κ2) is 5.50. The van der Waals surface area contributed by atoms with Gasteiger partial charge in [-0.25, -0.2) is 0 Å². The van der Waals surface area contributed by atoms with E-state index in [4.69, 9.17) is 0 Å². The number of nitrogens with zero attached hydrogens (tertiary/aromatic N) is 1. The third kappa shape index (κ3) is 3.46. The topological polar surface area (TPSA) is 15.3 Å². The van der Waals surface area contributed by atoms with Gasteiger partial charge in [0.1, 0.15) is 0 Å². The lowest BCUT2D eigenvalue weighted by Crippen LogP contribution is -2.47. The maximum atomic E-state index is 3.61. The Labute approximate surface area is 101 Å².